The molecule has 0 radical (unpaired) electrons. The van der Waals surface area contributed by atoms with Crippen molar-refractivity contribution in [3.63, 3.8) is 0 Å². The molecule has 1 aromatic heterocycles. The van der Waals surface area contributed by atoms with Crippen LogP contribution in [0.4, 0.5) is 0 Å². The Morgan fingerprint density at radius 1 is 1.14 bits per heavy atom. The van der Waals surface area contributed by atoms with Crippen molar-refractivity contribution in [1.29, 1.82) is 0 Å². The number of aryl methyl sites for hydroxylation is 2. The summed E-state index contributed by atoms with van der Waals surface area (Å²) in [6, 6.07) is 4.63. The molecule has 0 aliphatic heterocycles. The number of aromatic nitrogens is 2. The number of benzene rings is 1. The fourth-order valence-electron chi connectivity index (χ4n) is 3.50. The van der Waals surface area contributed by atoms with Gasteiger partial charge in [0.2, 0.25) is 0 Å². The van der Waals surface area contributed by atoms with Crippen LogP contribution >= 0.6 is 18.5 Å². The van der Waals surface area contributed by atoms with Crippen molar-refractivity contribution in [2.45, 2.75) is 39.5 Å². The molecular formula is C18H24N2P2. The van der Waals surface area contributed by atoms with Crippen molar-refractivity contribution in [3.05, 3.63) is 46.3 Å². The van der Waals surface area contributed by atoms with Gasteiger partial charge in [-0.15, -0.1) is 18.5 Å². The molecule has 2 aromatic rings. The first-order valence-corrected chi connectivity index (χ1v) is 8.95. The minimum atomic E-state index is 0.532. The van der Waals surface area contributed by atoms with E-state index in [1.807, 2.05) is 11.7 Å². The van der Waals surface area contributed by atoms with Gasteiger partial charge in [0.25, 0.3) is 0 Å². The number of rotatable bonds is 2. The zero-order valence-electron chi connectivity index (χ0n) is 13.8. The van der Waals surface area contributed by atoms with E-state index in [9.17, 15) is 0 Å². The highest BCUT2D eigenvalue weighted by Gasteiger charge is 2.22. The van der Waals surface area contributed by atoms with Crippen LogP contribution in [-0.4, -0.2) is 9.78 Å². The van der Waals surface area contributed by atoms with Crippen molar-refractivity contribution in [3.8, 4) is 0 Å². The van der Waals surface area contributed by atoms with Crippen LogP contribution in [0.3, 0.4) is 0 Å². The first kappa shape index (κ1) is 15.9. The summed E-state index contributed by atoms with van der Waals surface area (Å²) in [5, 5.41) is 7.22. The van der Waals surface area contributed by atoms with Crippen LogP contribution in [0.5, 0.6) is 0 Å². The molecule has 2 unspecified atom stereocenters. The fourth-order valence-corrected chi connectivity index (χ4v) is 5.03. The molecule has 0 spiro atoms. The van der Waals surface area contributed by atoms with E-state index in [2.05, 4.69) is 62.7 Å². The average molecular weight is 330 g/mol. The van der Waals surface area contributed by atoms with Crippen LogP contribution in [0.15, 0.2) is 23.9 Å². The second-order valence-corrected chi connectivity index (χ2v) is 7.79. The minimum absolute atomic E-state index is 0.532. The smallest absolute Gasteiger partial charge is 0.0706 e. The lowest BCUT2D eigenvalue weighted by Crippen LogP contribution is -2.17. The first-order valence-electron chi connectivity index (χ1n) is 7.80. The third-order valence-corrected chi connectivity index (χ3v) is 5.40. The summed E-state index contributed by atoms with van der Waals surface area (Å²) >= 11 is 0. The highest BCUT2D eigenvalue weighted by atomic mass is 31.0. The summed E-state index contributed by atoms with van der Waals surface area (Å²) in [6.45, 7) is 6.76. The first-order chi connectivity index (χ1) is 10.4. The Morgan fingerprint density at radius 3 is 2.36 bits per heavy atom. The lowest BCUT2D eigenvalue weighted by atomic mass is 9.85. The Kier molecular flexibility index (Phi) is 4.27. The molecule has 1 aliphatic carbocycles. The number of allylic oxidation sites excluding steroid dienone is 1. The number of hydrogen-bond acceptors (Lipinski definition) is 1. The molecule has 22 heavy (non-hydrogen) atoms. The molecule has 116 valence electrons. The van der Waals surface area contributed by atoms with Gasteiger partial charge in [0.1, 0.15) is 0 Å². The van der Waals surface area contributed by atoms with Crippen molar-refractivity contribution in [1.82, 2.24) is 9.78 Å². The topological polar surface area (TPSA) is 17.8 Å². The Balaban J connectivity index is 2.18. The molecule has 0 bridgehead atoms. The van der Waals surface area contributed by atoms with Crippen molar-refractivity contribution < 1.29 is 0 Å². The SMILES string of the molecule is CC1=C(c2cc(P)c(C(C)C)c(P)c2)c2cn(C)nc2CC1. The zero-order valence-corrected chi connectivity index (χ0v) is 16.1. The molecule has 2 nitrogen and oxygen atoms in total. The minimum Gasteiger partial charge on any atom is -0.275 e. The Morgan fingerprint density at radius 2 is 1.77 bits per heavy atom. The van der Waals surface area contributed by atoms with Gasteiger partial charge in [-0.2, -0.15) is 5.10 Å². The van der Waals surface area contributed by atoms with E-state index < -0.39 is 0 Å². The lowest BCUT2D eigenvalue weighted by molar-refractivity contribution is 0.735. The maximum atomic E-state index is 4.62. The number of fused-ring (bicyclic) bond motifs is 1. The van der Waals surface area contributed by atoms with Crippen LogP contribution in [0.2, 0.25) is 0 Å². The molecule has 0 saturated heterocycles. The van der Waals surface area contributed by atoms with Gasteiger partial charge in [-0.25, -0.2) is 0 Å². The highest BCUT2D eigenvalue weighted by Crippen LogP contribution is 2.35. The maximum Gasteiger partial charge on any atom is 0.0706 e. The maximum absolute atomic E-state index is 4.62. The molecule has 1 aliphatic rings. The normalized spacial score (nSPS) is 14.7. The van der Waals surface area contributed by atoms with Gasteiger partial charge in [0.15, 0.2) is 0 Å². The van der Waals surface area contributed by atoms with Crippen molar-refractivity contribution >= 4 is 34.7 Å². The van der Waals surface area contributed by atoms with Gasteiger partial charge >= 0.3 is 0 Å². The number of nitrogens with zero attached hydrogens (tertiary/aromatic N) is 2. The van der Waals surface area contributed by atoms with Crippen LogP contribution in [0.1, 0.15) is 55.5 Å². The molecule has 1 aromatic carbocycles. The van der Waals surface area contributed by atoms with Gasteiger partial charge in [-0.3, -0.25) is 4.68 Å². The van der Waals surface area contributed by atoms with Gasteiger partial charge < -0.3 is 0 Å². The molecule has 0 fully saturated rings. The van der Waals surface area contributed by atoms with E-state index in [0.717, 1.165) is 12.8 Å². The lowest BCUT2D eigenvalue weighted by Gasteiger charge is -2.21. The van der Waals surface area contributed by atoms with Crippen molar-refractivity contribution in [2.75, 3.05) is 0 Å². The van der Waals surface area contributed by atoms with Crippen LogP contribution < -0.4 is 10.6 Å². The van der Waals surface area contributed by atoms with Gasteiger partial charge in [-0.1, -0.05) is 19.4 Å². The summed E-state index contributed by atoms with van der Waals surface area (Å²) < 4.78 is 1.94. The molecule has 0 N–H and O–H groups in total. The third-order valence-electron chi connectivity index (χ3n) is 4.45. The van der Waals surface area contributed by atoms with E-state index >= 15 is 0 Å². The Bertz CT molecular complexity index is 746. The molecule has 4 heteroatoms. The van der Waals surface area contributed by atoms with E-state index in [1.54, 1.807) is 0 Å². The van der Waals surface area contributed by atoms with Crippen LogP contribution in [0.25, 0.3) is 5.57 Å². The summed E-state index contributed by atoms with van der Waals surface area (Å²) in [5.74, 6) is 0.532. The second kappa shape index (κ2) is 5.91. The van der Waals surface area contributed by atoms with Gasteiger partial charge in [-0.05, 0) is 65.1 Å². The molecule has 2 atom stereocenters. The number of hydrogen-bond donors (Lipinski definition) is 0. The summed E-state index contributed by atoms with van der Waals surface area (Å²) in [5.41, 5.74) is 8.10. The molecule has 3 rings (SSSR count). The van der Waals surface area contributed by atoms with E-state index in [-0.39, 0.29) is 0 Å². The predicted molar refractivity (Wildman–Crippen MR) is 102 cm³/mol. The summed E-state index contributed by atoms with van der Waals surface area (Å²) in [6.07, 6.45) is 4.31. The second-order valence-electron chi connectivity index (χ2n) is 6.54. The third kappa shape index (κ3) is 2.68. The predicted octanol–water partition coefficient (Wildman–Crippen LogP) is 3.31. The standard InChI is InChI=1S/C18H24N2P2/c1-10(2)17-15(21)7-12(8-16(17)22)18-11(3)5-6-14-13(18)9-20(4)19-14/h7-10H,5-6,21-22H2,1-4H3. The molecule has 0 amide bonds. The zero-order chi connectivity index (χ0) is 16.0. The molecule has 0 saturated carbocycles. The average Bonchev–Trinajstić information content (AvgIpc) is 2.77. The van der Waals surface area contributed by atoms with E-state index in [4.69, 9.17) is 0 Å². The monoisotopic (exact) mass is 330 g/mol. The largest absolute Gasteiger partial charge is 0.275 e. The highest BCUT2D eigenvalue weighted by molar-refractivity contribution is 7.29. The molecular weight excluding hydrogens is 306 g/mol. The van der Waals surface area contributed by atoms with Crippen LogP contribution in [-0.2, 0) is 13.5 Å². The summed E-state index contributed by atoms with van der Waals surface area (Å²) in [7, 11) is 7.84. The van der Waals surface area contributed by atoms with Gasteiger partial charge in [0.05, 0.1) is 5.69 Å². The van der Waals surface area contributed by atoms with Crippen LogP contribution in [0, 0.1) is 0 Å². The Hall–Kier alpha value is -0.970. The van der Waals surface area contributed by atoms with E-state index in [1.165, 1.54) is 44.1 Å². The summed E-state index contributed by atoms with van der Waals surface area (Å²) in [4.78, 5) is 0. The van der Waals surface area contributed by atoms with E-state index in [0.29, 0.717) is 5.92 Å². The Labute approximate surface area is 137 Å². The fraction of sp³-hybridized carbons (Fsp3) is 0.389. The van der Waals surface area contributed by atoms with Crippen molar-refractivity contribution in [2.24, 2.45) is 7.05 Å². The van der Waals surface area contributed by atoms with Gasteiger partial charge in [0, 0.05) is 18.8 Å². The quantitative estimate of drug-likeness (QED) is 0.773. The molecule has 1 heterocycles.